The first-order valence-electron chi connectivity index (χ1n) is 9.54. The monoisotopic (exact) mass is 422 g/mol. The van der Waals surface area contributed by atoms with Crippen molar-refractivity contribution in [1.29, 1.82) is 0 Å². The summed E-state index contributed by atoms with van der Waals surface area (Å²) in [4.78, 5) is 40.0. The summed E-state index contributed by atoms with van der Waals surface area (Å²) in [5, 5.41) is 4.10. The average molecular weight is 422 g/mol. The molecule has 0 N–H and O–H groups in total. The van der Waals surface area contributed by atoms with Crippen molar-refractivity contribution < 1.29 is 22.8 Å². The summed E-state index contributed by atoms with van der Waals surface area (Å²) < 4.78 is 39.9. The molecule has 0 atom stereocenters. The van der Waals surface area contributed by atoms with Crippen molar-refractivity contribution in [2.24, 2.45) is 0 Å². The van der Waals surface area contributed by atoms with Crippen molar-refractivity contribution in [3.63, 3.8) is 0 Å². The van der Waals surface area contributed by atoms with Gasteiger partial charge >= 0.3 is 6.18 Å². The van der Waals surface area contributed by atoms with E-state index < -0.39 is 17.6 Å². The zero-order valence-corrected chi connectivity index (χ0v) is 16.4. The first-order chi connectivity index (χ1) is 14.2. The Kier molecular flexibility index (Phi) is 6.23. The Hall–Kier alpha value is -3.17. The first kappa shape index (κ1) is 21.5. The zero-order valence-electron chi connectivity index (χ0n) is 16.4. The zero-order chi connectivity index (χ0) is 21.9. The Morgan fingerprint density at radius 3 is 2.23 bits per heavy atom. The van der Waals surface area contributed by atoms with Crippen LogP contribution in [0.25, 0.3) is 0 Å². The van der Waals surface area contributed by atoms with Crippen molar-refractivity contribution in [3.8, 4) is 0 Å². The molecule has 2 amide bonds. The van der Waals surface area contributed by atoms with Crippen LogP contribution in [0, 0.1) is 0 Å². The molecule has 1 aliphatic rings. The molecule has 0 saturated carbocycles. The average Bonchev–Trinajstić information content (AvgIpc) is 2.74. The lowest BCUT2D eigenvalue weighted by atomic mass is 10.1. The molecule has 3 rings (SSSR count). The maximum Gasteiger partial charge on any atom is 0.416 e. The van der Waals surface area contributed by atoms with Gasteiger partial charge in [-0.1, -0.05) is 13.0 Å². The fourth-order valence-corrected chi connectivity index (χ4v) is 3.22. The Balaban J connectivity index is 1.66. The van der Waals surface area contributed by atoms with E-state index in [2.05, 4.69) is 5.10 Å². The first-order valence-corrected chi connectivity index (χ1v) is 9.54. The lowest BCUT2D eigenvalue weighted by molar-refractivity contribution is -0.137. The van der Waals surface area contributed by atoms with Gasteiger partial charge in [0, 0.05) is 44.4 Å². The Morgan fingerprint density at radius 2 is 1.63 bits per heavy atom. The molecule has 0 bridgehead atoms. The van der Waals surface area contributed by atoms with Gasteiger partial charge in [-0.15, -0.1) is 0 Å². The van der Waals surface area contributed by atoms with Gasteiger partial charge in [-0.05, 0) is 30.7 Å². The van der Waals surface area contributed by atoms with Gasteiger partial charge in [0.05, 0.1) is 5.56 Å². The summed E-state index contributed by atoms with van der Waals surface area (Å²) in [6.07, 6.45) is -3.83. The Bertz CT molecular complexity index is 995. The van der Waals surface area contributed by atoms with Crippen LogP contribution in [-0.2, 0) is 12.7 Å². The van der Waals surface area contributed by atoms with Crippen molar-refractivity contribution >= 4 is 11.8 Å². The van der Waals surface area contributed by atoms with E-state index in [-0.39, 0.29) is 48.9 Å². The number of hydrogen-bond acceptors (Lipinski definition) is 4. The third-order valence-electron chi connectivity index (χ3n) is 4.81. The minimum atomic E-state index is -4.53. The molecule has 30 heavy (non-hydrogen) atoms. The van der Waals surface area contributed by atoms with E-state index in [9.17, 15) is 27.6 Å². The number of hydrogen-bond donors (Lipinski definition) is 0. The molecular weight excluding hydrogens is 401 g/mol. The van der Waals surface area contributed by atoms with Crippen molar-refractivity contribution in [1.82, 2.24) is 19.6 Å². The molecule has 0 aliphatic carbocycles. The maximum atomic E-state index is 12.9. The summed E-state index contributed by atoms with van der Waals surface area (Å²) in [6, 6.07) is 6.96. The van der Waals surface area contributed by atoms with Crippen LogP contribution < -0.4 is 5.56 Å². The molecule has 2 aromatic rings. The molecule has 1 aliphatic heterocycles. The van der Waals surface area contributed by atoms with E-state index in [1.54, 1.807) is 0 Å². The lowest BCUT2D eigenvalue weighted by Gasteiger charge is -2.34. The van der Waals surface area contributed by atoms with Gasteiger partial charge in [0.1, 0.15) is 5.69 Å². The second kappa shape index (κ2) is 8.68. The highest BCUT2D eigenvalue weighted by molar-refractivity contribution is 5.95. The Labute approximate surface area is 170 Å². The molecule has 1 saturated heterocycles. The number of benzene rings is 1. The number of halogens is 3. The van der Waals surface area contributed by atoms with E-state index >= 15 is 0 Å². The molecule has 2 heterocycles. The summed E-state index contributed by atoms with van der Waals surface area (Å²) in [7, 11) is 0. The van der Waals surface area contributed by atoms with Crippen LogP contribution in [0.1, 0.15) is 39.8 Å². The standard InChI is InChI=1S/C20H21F3N4O3/c1-2-8-27-17(28)7-6-16(24-27)19(30)26-11-9-25(10-12-26)18(29)14-4-3-5-15(13-14)20(21,22)23/h3-7,13H,2,8-12H2,1H3. The molecule has 0 unspecified atom stereocenters. The molecular formula is C20H21F3N4O3. The van der Waals surface area contributed by atoms with Crippen molar-refractivity contribution in [2.45, 2.75) is 26.1 Å². The van der Waals surface area contributed by atoms with E-state index in [0.29, 0.717) is 13.0 Å². The summed E-state index contributed by atoms with van der Waals surface area (Å²) in [6.45, 7) is 3.11. The number of aromatic nitrogens is 2. The van der Waals surface area contributed by atoms with Crippen LogP contribution in [0.15, 0.2) is 41.2 Å². The highest BCUT2D eigenvalue weighted by Crippen LogP contribution is 2.29. The van der Waals surface area contributed by atoms with Crippen molar-refractivity contribution in [3.05, 3.63) is 63.6 Å². The smallest absolute Gasteiger partial charge is 0.335 e. The number of carbonyl (C=O) groups is 2. The van der Waals surface area contributed by atoms with Gasteiger partial charge in [0.2, 0.25) is 0 Å². The van der Waals surface area contributed by atoms with Crippen LogP contribution >= 0.6 is 0 Å². The van der Waals surface area contributed by atoms with Crippen molar-refractivity contribution in [2.75, 3.05) is 26.2 Å². The predicted octanol–water partition coefficient (Wildman–Crippen LogP) is 2.27. The fourth-order valence-electron chi connectivity index (χ4n) is 3.22. The molecule has 1 fully saturated rings. The van der Waals surface area contributed by atoms with E-state index in [4.69, 9.17) is 0 Å². The van der Waals surface area contributed by atoms with E-state index in [0.717, 1.165) is 12.1 Å². The van der Waals surface area contributed by atoms with Crippen LogP contribution in [0.4, 0.5) is 13.2 Å². The maximum absolute atomic E-state index is 12.9. The normalized spacial score (nSPS) is 14.7. The van der Waals surface area contributed by atoms with Gasteiger partial charge in [0.15, 0.2) is 0 Å². The second-order valence-corrected chi connectivity index (χ2v) is 6.94. The van der Waals surface area contributed by atoms with Gasteiger partial charge in [-0.25, -0.2) is 4.68 Å². The van der Waals surface area contributed by atoms with E-state index in [1.807, 2.05) is 6.92 Å². The summed E-state index contributed by atoms with van der Waals surface area (Å²) >= 11 is 0. The topological polar surface area (TPSA) is 75.5 Å². The summed E-state index contributed by atoms with van der Waals surface area (Å²) in [5.74, 6) is -0.867. The number of carbonyl (C=O) groups excluding carboxylic acids is 2. The van der Waals surface area contributed by atoms with Gasteiger partial charge in [-0.2, -0.15) is 18.3 Å². The number of aryl methyl sites for hydroxylation is 1. The minimum absolute atomic E-state index is 0.0436. The third-order valence-corrected chi connectivity index (χ3v) is 4.81. The quantitative estimate of drug-likeness (QED) is 0.758. The van der Waals surface area contributed by atoms with Crippen LogP contribution in [-0.4, -0.2) is 57.6 Å². The van der Waals surface area contributed by atoms with Gasteiger partial charge in [0.25, 0.3) is 17.4 Å². The lowest BCUT2D eigenvalue weighted by Crippen LogP contribution is -2.51. The molecule has 0 spiro atoms. The minimum Gasteiger partial charge on any atom is -0.335 e. The second-order valence-electron chi connectivity index (χ2n) is 6.94. The molecule has 1 aromatic carbocycles. The number of alkyl halides is 3. The van der Waals surface area contributed by atoms with E-state index in [1.165, 1.54) is 38.7 Å². The van der Waals surface area contributed by atoms with Crippen LogP contribution in [0.3, 0.4) is 0 Å². The van der Waals surface area contributed by atoms with Gasteiger partial charge in [-0.3, -0.25) is 14.4 Å². The molecule has 1 aromatic heterocycles. The Morgan fingerprint density at radius 1 is 1.00 bits per heavy atom. The van der Waals surface area contributed by atoms with Gasteiger partial charge < -0.3 is 9.80 Å². The highest BCUT2D eigenvalue weighted by Gasteiger charge is 2.32. The van der Waals surface area contributed by atoms with Crippen LogP contribution in [0.2, 0.25) is 0 Å². The molecule has 0 radical (unpaired) electrons. The largest absolute Gasteiger partial charge is 0.416 e. The van der Waals surface area contributed by atoms with Crippen LogP contribution in [0.5, 0.6) is 0 Å². The SMILES string of the molecule is CCCn1nc(C(=O)N2CCN(C(=O)c3cccc(C(F)(F)F)c3)CC2)ccc1=O. The molecule has 160 valence electrons. The third kappa shape index (κ3) is 4.69. The highest BCUT2D eigenvalue weighted by atomic mass is 19.4. The number of rotatable bonds is 4. The number of amides is 2. The number of nitrogens with zero attached hydrogens (tertiary/aromatic N) is 4. The predicted molar refractivity (Wildman–Crippen MR) is 102 cm³/mol. The molecule has 7 nitrogen and oxygen atoms in total. The summed E-state index contributed by atoms with van der Waals surface area (Å²) in [5.41, 5.74) is -1.07. The molecule has 10 heteroatoms. The number of piperazine rings is 1. The fraction of sp³-hybridized carbons (Fsp3) is 0.400.